The minimum Gasteiger partial charge on any atom is -0.400 e. The van der Waals surface area contributed by atoms with E-state index in [1.807, 2.05) is 0 Å². The summed E-state index contributed by atoms with van der Waals surface area (Å²) in [5.41, 5.74) is 6.25. The van der Waals surface area contributed by atoms with Gasteiger partial charge in [-0.25, -0.2) is 4.39 Å². The second-order valence-corrected chi connectivity index (χ2v) is 2.63. The Labute approximate surface area is 82.4 Å². The second kappa shape index (κ2) is 7.17. The number of benzene rings is 1. The fraction of sp³-hybridized carbons (Fsp3) is 0.300. The molecule has 0 aromatic heterocycles. The molecule has 78 valence electrons. The first-order valence-electron chi connectivity index (χ1n) is 4.12. The molecule has 0 saturated heterocycles. The van der Waals surface area contributed by atoms with Crippen LogP contribution >= 0.6 is 0 Å². The predicted molar refractivity (Wildman–Crippen MR) is 52.3 cm³/mol. The van der Waals surface area contributed by atoms with Crippen molar-refractivity contribution in [3.05, 3.63) is 35.6 Å². The van der Waals surface area contributed by atoms with Gasteiger partial charge >= 0.3 is 0 Å². The lowest BCUT2D eigenvalue weighted by molar-refractivity contribution is -0.108. The number of aldehydes is 1. The van der Waals surface area contributed by atoms with Gasteiger partial charge in [0, 0.05) is 7.11 Å². The van der Waals surface area contributed by atoms with Gasteiger partial charge in [0.15, 0.2) is 0 Å². The van der Waals surface area contributed by atoms with E-state index in [0.29, 0.717) is 12.7 Å². The highest BCUT2D eigenvalue weighted by atomic mass is 19.1. The van der Waals surface area contributed by atoms with E-state index in [4.69, 9.17) is 10.8 Å². The maximum absolute atomic E-state index is 12.4. The van der Waals surface area contributed by atoms with Crippen molar-refractivity contribution in [2.75, 3.05) is 7.11 Å². The molecule has 3 N–H and O–H groups in total. The molecule has 1 aromatic rings. The molecular weight excluding hydrogens is 185 g/mol. The largest absolute Gasteiger partial charge is 0.400 e. The number of hydrogen-bond acceptors (Lipinski definition) is 3. The van der Waals surface area contributed by atoms with Crippen molar-refractivity contribution in [1.29, 1.82) is 0 Å². The summed E-state index contributed by atoms with van der Waals surface area (Å²) in [6.07, 6.45) is 1.15. The Bertz CT molecular complexity index is 261. The molecule has 0 radical (unpaired) electrons. The van der Waals surface area contributed by atoms with Gasteiger partial charge in [0.25, 0.3) is 0 Å². The van der Waals surface area contributed by atoms with Crippen molar-refractivity contribution >= 4 is 6.29 Å². The Balaban J connectivity index is 0.000000791. The number of aliphatic hydroxyl groups excluding tert-OH is 1. The Hall–Kier alpha value is -1.26. The molecule has 1 atom stereocenters. The molecule has 1 rings (SSSR count). The topological polar surface area (TPSA) is 63.3 Å². The standard InChI is InChI=1S/C9H10FNO.CH4O/c10-8-3-1-7(2-4-8)5-9(11)6-12;1-2/h1-4,6,9H,5,11H2;2H,1H3. The SMILES string of the molecule is CO.NC(C=O)Cc1ccc(F)cc1. The lowest BCUT2D eigenvalue weighted by atomic mass is 10.1. The Morgan fingerprint density at radius 1 is 1.43 bits per heavy atom. The molecule has 0 bridgehead atoms. The average molecular weight is 199 g/mol. The van der Waals surface area contributed by atoms with E-state index in [9.17, 15) is 9.18 Å². The molecule has 0 spiro atoms. The van der Waals surface area contributed by atoms with E-state index < -0.39 is 6.04 Å². The third-order valence-corrected chi connectivity index (χ3v) is 1.56. The minimum absolute atomic E-state index is 0.279. The van der Waals surface area contributed by atoms with E-state index in [1.165, 1.54) is 12.1 Å². The molecule has 0 fully saturated rings. The first-order chi connectivity index (χ1) is 6.72. The lowest BCUT2D eigenvalue weighted by Gasteiger charge is -2.02. The zero-order chi connectivity index (χ0) is 11.0. The fourth-order valence-electron chi connectivity index (χ4n) is 0.941. The molecule has 0 amide bonds. The zero-order valence-electron chi connectivity index (χ0n) is 7.98. The highest BCUT2D eigenvalue weighted by Crippen LogP contribution is 2.03. The van der Waals surface area contributed by atoms with Gasteiger partial charge in [0.2, 0.25) is 0 Å². The van der Waals surface area contributed by atoms with Gasteiger partial charge in [-0.05, 0) is 24.1 Å². The summed E-state index contributed by atoms with van der Waals surface area (Å²) >= 11 is 0. The van der Waals surface area contributed by atoms with Crippen LogP contribution in [0.25, 0.3) is 0 Å². The molecule has 1 unspecified atom stereocenters. The van der Waals surface area contributed by atoms with Crippen molar-refractivity contribution in [3.63, 3.8) is 0 Å². The maximum Gasteiger partial charge on any atom is 0.137 e. The summed E-state index contributed by atoms with van der Waals surface area (Å²) < 4.78 is 12.4. The maximum atomic E-state index is 12.4. The average Bonchev–Trinajstić information content (AvgIpc) is 2.24. The zero-order valence-corrected chi connectivity index (χ0v) is 7.98. The molecule has 0 saturated carbocycles. The summed E-state index contributed by atoms with van der Waals surface area (Å²) in [6, 6.07) is 5.47. The molecule has 0 aliphatic rings. The van der Waals surface area contributed by atoms with Gasteiger partial charge < -0.3 is 15.6 Å². The normalized spacial score (nSPS) is 11.1. The van der Waals surface area contributed by atoms with Crippen LogP contribution < -0.4 is 5.73 Å². The first-order valence-corrected chi connectivity index (χ1v) is 4.12. The van der Waals surface area contributed by atoms with Crippen LogP contribution in [0.2, 0.25) is 0 Å². The van der Waals surface area contributed by atoms with Crippen LogP contribution in [0, 0.1) is 5.82 Å². The number of hydrogen-bond donors (Lipinski definition) is 2. The van der Waals surface area contributed by atoms with Gasteiger partial charge in [-0.2, -0.15) is 0 Å². The number of carbonyl (C=O) groups is 1. The minimum atomic E-state index is -0.490. The number of rotatable bonds is 3. The Morgan fingerprint density at radius 2 is 1.93 bits per heavy atom. The van der Waals surface area contributed by atoms with Gasteiger partial charge in [-0.3, -0.25) is 0 Å². The first kappa shape index (κ1) is 12.7. The van der Waals surface area contributed by atoms with E-state index in [0.717, 1.165) is 12.7 Å². The molecule has 3 nitrogen and oxygen atoms in total. The van der Waals surface area contributed by atoms with Crippen LogP contribution in [0.15, 0.2) is 24.3 Å². The highest BCUT2D eigenvalue weighted by molar-refractivity contribution is 5.57. The molecule has 4 heteroatoms. The molecular formula is C10H14FNO2. The smallest absolute Gasteiger partial charge is 0.137 e. The van der Waals surface area contributed by atoms with Gasteiger partial charge in [-0.1, -0.05) is 12.1 Å². The van der Waals surface area contributed by atoms with E-state index >= 15 is 0 Å². The van der Waals surface area contributed by atoms with Crippen molar-refractivity contribution in [3.8, 4) is 0 Å². The van der Waals surface area contributed by atoms with Crippen molar-refractivity contribution in [1.82, 2.24) is 0 Å². The van der Waals surface area contributed by atoms with Gasteiger partial charge in [0.05, 0.1) is 6.04 Å². The molecule has 0 aliphatic heterocycles. The summed E-state index contributed by atoms with van der Waals surface area (Å²) in [4.78, 5) is 10.2. The van der Waals surface area contributed by atoms with Crippen molar-refractivity contribution in [2.24, 2.45) is 5.73 Å². The summed E-state index contributed by atoms with van der Waals surface area (Å²) in [7, 11) is 1.00. The third kappa shape index (κ3) is 4.69. The van der Waals surface area contributed by atoms with E-state index in [1.54, 1.807) is 12.1 Å². The number of aliphatic hydroxyl groups is 1. The van der Waals surface area contributed by atoms with Crippen molar-refractivity contribution < 1.29 is 14.3 Å². The van der Waals surface area contributed by atoms with Crippen molar-refractivity contribution in [2.45, 2.75) is 12.5 Å². The van der Waals surface area contributed by atoms with Crippen LogP contribution in [-0.2, 0) is 11.2 Å². The fourth-order valence-corrected chi connectivity index (χ4v) is 0.941. The number of carbonyl (C=O) groups excluding carboxylic acids is 1. The Morgan fingerprint density at radius 3 is 2.36 bits per heavy atom. The highest BCUT2D eigenvalue weighted by Gasteiger charge is 2.01. The predicted octanol–water partition coefficient (Wildman–Crippen LogP) is 0.503. The Kier molecular flexibility index (Phi) is 6.53. The van der Waals surface area contributed by atoms with Crippen LogP contribution in [0.4, 0.5) is 4.39 Å². The summed E-state index contributed by atoms with van der Waals surface area (Å²) in [5.74, 6) is -0.279. The molecule has 0 aliphatic carbocycles. The monoisotopic (exact) mass is 199 g/mol. The third-order valence-electron chi connectivity index (χ3n) is 1.56. The van der Waals surface area contributed by atoms with Gasteiger partial charge in [-0.15, -0.1) is 0 Å². The van der Waals surface area contributed by atoms with Crippen LogP contribution in [0.3, 0.4) is 0 Å². The summed E-state index contributed by atoms with van der Waals surface area (Å²) in [5, 5.41) is 7.00. The van der Waals surface area contributed by atoms with Crippen LogP contribution in [0.5, 0.6) is 0 Å². The molecule has 14 heavy (non-hydrogen) atoms. The quantitative estimate of drug-likeness (QED) is 0.697. The van der Waals surface area contributed by atoms with E-state index in [2.05, 4.69) is 0 Å². The number of halogens is 1. The van der Waals surface area contributed by atoms with Crippen LogP contribution in [0.1, 0.15) is 5.56 Å². The van der Waals surface area contributed by atoms with Crippen LogP contribution in [-0.4, -0.2) is 24.5 Å². The summed E-state index contributed by atoms with van der Waals surface area (Å²) in [6.45, 7) is 0. The van der Waals surface area contributed by atoms with Gasteiger partial charge in [0.1, 0.15) is 12.1 Å². The second-order valence-electron chi connectivity index (χ2n) is 2.63. The lowest BCUT2D eigenvalue weighted by Crippen LogP contribution is -2.23. The molecule has 0 heterocycles. The molecule has 1 aromatic carbocycles. The van der Waals surface area contributed by atoms with E-state index in [-0.39, 0.29) is 5.82 Å². The number of nitrogens with two attached hydrogens (primary N) is 1.